The molecule has 0 spiro atoms. The number of nitrogens with zero attached hydrogens (tertiary/aromatic N) is 2. The van der Waals surface area contributed by atoms with Crippen molar-refractivity contribution in [2.75, 3.05) is 32.7 Å². The molecular weight excluding hydrogens is 322 g/mol. The van der Waals surface area contributed by atoms with Gasteiger partial charge in [0, 0.05) is 39.1 Å². The molecular formula is C18H31N3O4. The molecule has 0 aromatic heterocycles. The number of amides is 3. The third-order valence-electron chi connectivity index (χ3n) is 5.05. The number of carboxylic acids is 1. The van der Waals surface area contributed by atoms with Gasteiger partial charge in [-0.1, -0.05) is 13.8 Å². The largest absolute Gasteiger partial charge is 0.481 e. The number of aliphatic carboxylic acids is 1. The Labute approximate surface area is 149 Å². The van der Waals surface area contributed by atoms with Crippen molar-refractivity contribution < 1.29 is 19.5 Å². The van der Waals surface area contributed by atoms with Crippen molar-refractivity contribution in [1.82, 2.24) is 15.1 Å². The molecule has 2 aliphatic heterocycles. The summed E-state index contributed by atoms with van der Waals surface area (Å²) in [5.41, 5.74) is 0. The second-order valence-electron chi connectivity index (χ2n) is 7.76. The molecule has 0 aromatic carbocycles. The van der Waals surface area contributed by atoms with Gasteiger partial charge in [-0.15, -0.1) is 0 Å². The molecule has 0 aromatic rings. The number of hydrogen-bond acceptors (Lipinski definition) is 3. The molecule has 0 aliphatic carbocycles. The van der Waals surface area contributed by atoms with E-state index in [2.05, 4.69) is 19.2 Å². The number of urea groups is 1. The van der Waals surface area contributed by atoms with Gasteiger partial charge < -0.3 is 20.2 Å². The zero-order valence-electron chi connectivity index (χ0n) is 15.4. The maximum absolute atomic E-state index is 12.5. The van der Waals surface area contributed by atoms with Crippen molar-refractivity contribution in [3.8, 4) is 0 Å². The third kappa shape index (κ3) is 5.90. The van der Waals surface area contributed by atoms with Crippen molar-refractivity contribution in [2.45, 2.75) is 46.0 Å². The number of nitrogens with one attached hydrogen (secondary N) is 1. The van der Waals surface area contributed by atoms with Gasteiger partial charge in [-0.25, -0.2) is 4.79 Å². The first-order valence-corrected chi connectivity index (χ1v) is 9.40. The summed E-state index contributed by atoms with van der Waals surface area (Å²) in [7, 11) is 0. The average Bonchev–Trinajstić information content (AvgIpc) is 2.59. The van der Waals surface area contributed by atoms with E-state index in [1.165, 1.54) is 0 Å². The fourth-order valence-corrected chi connectivity index (χ4v) is 3.60. The molecule has 2 unspecified atom stereocenters. The van der Waals surface area contributed by atoms with Crippen molar-refractivity contribution in [2.24, 2.45) is 17.8 Å². The van der Waals surface area contributed by atoms with Crippen LogP contribution in [0.4, 0.5) is 4.79 Å². The topological polar surface area (TPSA) is 90.0 Å². The van der Waals surface area contributed by atoms with Gasteiger partial charge in [-0.2, -0.15) is 0 Å². The van der Waals surface area contributed by atoms with E-state index in [0.29, 0.717) is 44.9 Å². The van der Waals surface area contributed by atoms with Crippen LogP contribution in [-0.2, 0) is 9.59 Å². The first-order valence-electron chi connectivity index (χ1n) is 9.40. The van der Waals surface area contributed by atoms with Crippen molar-refractivity contribution in [3.05, 3.63) is 0 Å². The zero-order valence-corrected chi connectivity index (χ0v) is 15.4. The van der Waals surface area contributed by atoms with Crippen LogP contribution in [0.15, 0.2) is 0 Å². The molecule has 2 heterocycles. The number of hydrogen-bond donors (Lipinski definition) is 2. The van der Waals surface area contributed by atoms with Crippen molar-refractivity contribution >= 4 is 17.9 Å². The number of carboxylic acid groups (broad SMARTS) is 1. The van der Waals surface area contributed by atoms with Crippen LogP contribution in [0, 0.1) is 17.8 Å². The minimum Gasteiger partial charge on any atom is -0.481 e. The van der Waals surface area contributed by atoms with Crippen molar-refractivity contribution in [3.63, 3.8) is 0 Å². The standard InChI is InChI=1S/C18H31N3O4/c1-13(2)10-19-18(25)21-8-3-5-14(11-21)9-16(22)20-7-4-6-15(12-20)17(23)24/h13-15H,3-12H2,1-2H3,(H,19,25)(H,23,24). The van der Waals surface area contributed by atoms with Crippen LogP contribution >= 0.6 is 0 Å². The molecule has 0 bridgehead atoms. The highest BCUT2D eigenvalue weighted by molar-refractivity contribution is 5.78. The minimum atomic E-state index is -0.817. The molecule has 2 atom stereocenters. The lowest BCUT2D eigenvalue weighted by molar-refractivity contribution is -0.146. The molecule has 142 valence electrons. The summed E-state index contributed by atoms with van der Waals surface area (Å²) in [4.78, 5) is 39.4. The average molecular weight is 353 g/mol. The molecule has 2 aliphatic rings. The van der Waals surface area contributed by atoms with E-state index in [9.17, 15) is 14.4 Å². The molecule has 0 saturated carbocycles. The third-order valence-corrected chi connectivity index (χ3v) is 5.05. The van der Waals surface area contributed by atoms with E-state index in [1.807, 2.05) is 0 Å². The Kier molecular flexibility index (Phi) is 7.08. The minimum absolute atomic E-state index is 0.0281. The summed E-state index contributed by atoms with van der Waals surface area (Å²) in [6.45, 7) is 7.07. The molecule has 7 nitrogen and oxygen atoms in total. The van der Waals surface area contributed by atoms with Crippen LogP contribution in [0.2, 0.25) is 0 Å². The van der Waals surface area contributed by atoms with Gasteiger partial charge in [0.05, 0.1) is 5.92 Å². The molecule has 7 heteroatoms. The summed E-state index contributed by atoms with van der Waals surface area (Å²) >= 11 is 0. The second-order valence-corrected chi connectivity index (χ2v) is 7.76. The summed E-state index contributed by atoms with van der Waals surface area (Å²) < 4.78 is 0. The molecule has 25 heavy (non-hydrogen) atoms. The normalized spacial score (nSPS) is 24.3. The fourth-order valence-electron chi connectivity index (χ4n) is 3.60. The first-order chi connectivity index (χ1) is 11.9. The molecule has 2 N–H and O–H groups in total. The Morgan fingerprint density at radius 3 is 2.44 bits per heavy atom. The van der Waals surface area contributed by atoms with Crippen LogP contribution in [0.5, 0.6) is 0 Å². The molecule has 0 radical (unpaired) electrons. The number of carbonyl (C=O) groups is 3. The Balaban J connectivity index is 1.82. The summed E-state index contributed by atoms with van der Waals surface area (Å²) in [5, 5.41) is 12.1. The molecule has 2 saturated heterocycles. The Morgan fingerprint density at radius 2 is 1.76 bits per heavy atom. The van der Waals surface area contributed by atoms with E-state index in [1.54, 1.807) is 9.80 Å². The predicted octanol–water partition coefficient (Wildman–Crippen LogP) is 1.78. The summed E-state index contributed by atoms with van der Waals surface area (Å²) in [6.07, 6.45) is 3.64. The van der Waals surface area contributed by atoms with E-state index in [0.717, 1.165) is 25.8 Å². The first kappa shape index (κ1) is 19.5. The van der Waals surface area contributed by atoms with Crippen molar-refractivity contribution in [1.29, 1.82) is 0 Å². The maximum Gasteiger partial charge on any atom is 0.317 e. The van der Waals surface area contributed by atoms with Crippen LogP contribution in [0.1, 0.15) is 46.0 Å². The van der Waals surface area contributed by atoms with Gasteiger partial charge in [-0.3, -0.25) is 9.59 Å². The van der Waals surface area contributed by atoms with E-state index in [-0.39, 0.29) is 17.9 Å². The SMILES string of the molecule is CC(C)CNC(=O)N1CCCC(CC(=O)N2CCCC(C(=O)O)C2)C1. The zero-order chi connectivity index (χ0) is 18.4. The highest BCUT2D eigenvalue weighted by Crippen LogP contribution is 2.23. The van der Waals surface area contributed by atoms with Crippen LogP contribution in [0.3, 0.4) is 0 Å². The van der Waals surface area contributed by atoms with Crippen LogP contribution in [0.25, 0.3) is 0 Å². The second kappa shape index (κ2) is 9.06. The highest BCUT2D eigenvalue weighted by atomic mass is 16.4. The van der Waals surface area contributed by atoms with Gasteiger partial charge in [0.2, 0.25) is 5.91 Å². The number of piperidine rings is 2. The highest BCUT2D eigenvalue weighted by Gasteiger charge is 2.31. The summed E-state index contributed by atoms with van der Waals surface area (Å²) in [5.74, 6) is -0.658. The lowest BCUT2D eigenvalue weighted by Gasteiger charge is -2.35. The quantitative estimate of drug-likeness (QED) is 0.788. The number of likely N-dealkylation sites (tertiary alicyclic amines) is 2. The number of rotatable bonds is 5. The van der Waals surface area contributed by atoms with Gasteiger partial charge >= 0.3 is 12.0 Å². The Bertz CT molecular complexity index is 495. The van der Waals surface area contributed by atoms with Crippen LogP contribution in [-0.4, -0.2) is 65.5 Å². The summed E-state index contributed by atoms with van der Waals surface area (Å²) in [6, 6.07) is -0.0465. The van der Waals surface area contributed by atoms with E-state index in [4.69, 9.17) is 5.11 Å². The Morgan fingerprint density at radius 1 is 1.08 bits per heavy atom. The van der Waals surface area contributed by atoms with Gasteiger partial charge in [0.15, 0.2) is 0 Å². The lowest BCUT2D eigenvalue weighted by atomic mass is 9.93. The molecule has 2 rings (SSSR count). The lowest BCUT2D eigenvalue weighted by Crippen LogP contribution is -2.48. The molecule has 3 amide bonds. The fraction of sp³-hybridized carbons (Fsp3) is 0.833. The maximum atomic E-state index is 12.5. The monoisotopic (exact) mass is 353 g/mol. The smallest absolute Gasteiger partial charge is 0.317 e. The predicted molar refractivity (Wildman–Crippen MR) is 94.1 cm³/mol. The van der Waals surface area contributed by atoms with Gasteiger partial charge in [-0.05, 0) is 37.5 Å². The van der Waals surface area contributed by atoms with Gasteiger partial charge in [0.1, 0.15) is 0 Å². The molecule has 2 fully saturated rings. The Hall–Kier alpha value is -1.79. The van der Waals surface area contributed by atoms with Crippen LogP contribution < -0.4 is 5.32 Å². The van der Waals surface area contributed by atoms with E-state index < -0.39 is 11.9 Å². The van der Waals surface area contributed by atoms with Gasteiger partial charge in [0.25, 0.3) is 0 Å². The van der Waals surface area contributed by atoms with E-state index >= 15 is 0 Å². The number of carbonyl (C=O) groups excluding carboxylic acids is 2.